The lowest BCUT2D eigenvalue weighted by Gasteiger charge is -2.18. The minimum Gasteiger partial charge on any atom is -0.495 e. The van der Waals surface area contributed by atoms with Gasteiger partial charge in [0.05, 0.1) is 25.7 Å². The van der Waals surface area contributed by atoms with Crippen molar-refractivity contribution in [2.24, 2.45) is 5.92 Å². The molecule has 9 heteroatoms. The molecular formula is C14H17NO7S. The highest BCUT2D eigenvalue weighted by atomic mass is 32.2. The summed E-state index contributed by atoms with van der Waals surface area (Å²) in [5.74, 6) is -2.36. The van der Waals surface area contributed by atoms with Crippen molar-refractivity contribution in [2.45, 2.75) is 11.3 Å². The number of ether oxygens (including phenoxy) is 2. The number of rotatable bonds is 5. The fourth-order valence-corrected chi connectivity index (χ4v) is 4.09. The maximum Gasteiger partial charge on any atom is 0.337 e. The van der Waals surface area contributed by atoms with Crippen molar-refractivity contribution in [1.29, 1.82) is 0 Å². The number of carbonyl (C=O) groups is 2. The van der Waals surface area contributed by atoms with Gasteiger partial charge in [-0.2, -0.15) is 4.31 Å². The normalized spacial score (nSPS) is 18.6. The van der Waals surface area contributed by atoms with Gasteiger partial charge in [0.15, 0.2) is 0 Å². The highest BCUT2D eigenvalue weighted by Crippen LogP contribution is 2.31. The fraction of sp³-hybridized carbons (Fsp3) is 0.429. The van der Waals surface area contributed by atoms with E-state index in [1.807, 2.05) is 0 Å². The number of sulfonamides is 1. The second-order valence-electron chi connectivity index (χ2n) is 5.04. The average Bonchev–Trinajstić information content (AvgIpc) is 3.04. The van der Waals surface area contributed by atoms with E-state index in [0.29, 0.717) is 0 Å². The summed E-state index contributed by atoms with van der Waals surface area (Å²) in [6, 6.07) is 3.94. The van der Waals surface area contributed by atoms with Crippen LogP contribution in [0.15, 0.2) is 23.1 Å². The summed E-state index contributed by atoms with van der Waals surface area (Å²) >= 11 is 0. The Bertz CT molecular complexity index is 729. The summed E-state index contributed by atoms with van der Waals surface area (Å²) in [5, 5.41) is 9.01. The SMILES string of the molecule is COC(=O)c1ccc(OC)c(S(=O)(=O)N2CCC(C(=O)O)C2)c1. The molecule has 0 amide bonds. The van der Waals surface area contributed by atoms with Gasteiger partial charge in [-0.15, -0.1) is 0 Å². The van der Waals surface area contributed by atoms with Crippen LogP contribution in [0.25, 0.3) is 0 Å². The third-order valence-electron chi connectivity index (χ3n) is 3.70. The van der Waals surface area contributed by atoms with Gasteiger partial charge in [-0.25, -0.2) is 13.2 Å². The summed E-state index contributed by atoms with van der Waals surface area (Å²) in [6.07, 6.45) is 0.244. The molecule has 0 spiro atoms. The standard InChI is InChI=1S/C14H17NO7S/c1-21-11-4-3-9(14(18)22-2)7-12(11)23(19,20)15-6-5-10(8-15)13(16)17/h3-4,7,10H,5-6,8H2,1-2H3,(H,16,17). The number of carboxylic acids is 1. The van der Waals surface area contributed by atoms with E-state index in [0.717, 1.165) is 4.31 Å². The topological polar surface area (TPSA) is 110 Å². The summed E-state index contributed by atoms with van der Waals surface area (Å²) in [4.78, 5) is 22.4. The van der Waals surface area contributed by atoms with Gasteiger partial charge in [0, 0.05) is 13.1 Å². The van der Waals surface area contributed by atoms with Crippen LogP contribution >= 0.6 is 0 Å². The van der Waals surface area contributed by atoms with E-state index < -0.39 is 27.9 Å². The molecule has 1 unspecified atom stereocenters. The molecule has 1 aliphatic rings. The summed E-state index contributed by atoms with van der Waals surface area (Å²) < 4.78 is 36.2. The molecule has 8 nitrogen and oxygen atoms in total. The molecule has 0 saturated carbocycles. The Labute approximate surface area is 133 Å². The van der Waals surface area contributed by atoms with E-state index in [4.69, 9.17) is 9.84 Å². The molecule has 1 atom stereocenters. The van der Waals surface area contributed by atoms with Crippen molar-refractivity contribution >= 4 is 22.0 Å². The Balaban J connectivity index is 2.42. The summed E-state index contributed by atoms with van der Waals surface area (Å²) in [6.45, 7) is -0.00577. The first kappa shape index (κ1) is 17.2. The van der Waals surface area contributed by atoms with E-state index in [2.05, 4.69) is 4.74 Å². The highest BCUT2D eigenvalue weighted by Gasteiger charge is 2.37. The lowest BCUT2D eigenvalue weighted by Crippen LogP contribution is -2.30. The van der Waals surface area contributed by atoms with Gasteiger partial charge in [0.25, 0.3) is 0 Å². The number of benzene rings is 1. The fourth-order valence-electron chi connectivity index (χ4n) is 2.41. The molecule has 1 aromatic rings. The molecule has 1 heterocycles. The number of aliphatic carboxylic acids is 1. The third-order valence-corrected chi connectivity index (χ3v) is 5.59. The molecule has 0 bridgehead atoms. The Morgan fingerprint density at radius 3 is 2.52 bits per heavy atom. The van der Waals surface area contributed by atoms with Gasteiger partial charge in [0.1, 0.15) is 10.6 Å². The molecule has 0 radical (unpaired) electrons. The molecule has 1 N–H and O–H groups in total. The van der Waals surface area contributed by atoms with E-state index >= 15 is 0 Å². The van der Waals surface area contributed by atoms with Gasteiger partial charge in [-0.3, -0.25) is 4.79 Å². The first-order valence-electron chi connectivity index (χ1n) is 6.80. The number of nitrogens with zero attached hydrogens (tertiary/aromatic N) is 1. The number of methoxy groups -OCH3 is 2. The zero-order chi connectivity index (χ0) is 17.2. The van der Waals surface area contributed by atoms with E-state index in [1.54, 1.807) is 0 Å². The maximum absolute atomic E-state index is 12.7. The molecule has 1 aliphatic heterocycles. The van der Waals surface area contributed by atoms with Crippen LogP contribution in [0.1, 0.15) is 16.8 Å². The Morgan fingerprint density at radius 1 is 1.30 bits per heavy atom. The number of carbonyl (C=O) groups excluding carboxylic acids is 1. The Morgan fingerprint density at radius 2 is 2.00 bits per heavy atom. The molecule has 1 fully saturated rings. The van der Waals surface area contributed by atoms with Crippen LogP contribution < -0.4 is 4.74 Å². The zero-order valence-corrected chi connectivity index (χ0v) is 13.5. The minimum atomic E-state index is -3.97. The smallest absolute Gasteiger partial charge is 0.337 e. The van der Waals surface area contributed by atoms with E-state index in [9.17, 15) is 18.0 Å². The van der Waals surface area contributed by atoms with Gasteiger partial charge in [-0.05, 0) is 24.6 Å². The zero-order valence-electron chi connectivity index (χ0n) is 12.7. The first-order chi connectivity index (χ1) is 10.8. The number of hydrogen-bond donors (Lipinski definition) is 1. The molecule has 0 aliphatic carbocycles. The van der Waals surface area contributed by atoms with Crippen molar-refractivity contribution < 1.29 is 32.6 Å². The Hall–Kier alpha value is -2.13. The second-order valence-corrected chi connectivity index (χ2v) is 6.95. The largest absolute Gasteiger partial charge is 0.495 e. The second kappa shape index (κ2) is 6.55. The molecule has 126 valence electrons. The molecule has 2 rings (SSSR count). The quantitative estimate of drug-likeness (QED) is 0.778. The highest BCUT2D eigenvalue weighted by molar-refractivity contribution is 7.89. The molecular weight excluding hydrogens is 326 g/mol. The van der Waals surface area contributed by atoms with Crippen molar-refractivity contribution in [2.75, 3.05) is 27.3 Å². The number of hydrogen-bond acceptors (Lipinski definition) is 6. The lowest BCUT2D eigenvalue weighted by molar-refractivity contribution is -0.141. The van der Waals surface area contributed by atoms with Gasteiger partial charge < -0.3 is 14.6 Å². The summed E-state index contributed by atoms with van der Waals surface area (Å²) in [5.41, 5.74) is 0.0702. The van der Waals surface area contributed by atoms with E-state index in [1.165, 1.54) is 32.4 Å². The first-order valence-corrected chi connectivity index (χ1v) is 8.24. The van der Waals surface area contributed by atoms with Gasteiger partial charge in [-0.1, -0.05) is 0 Å². The molecule has 1 aromatic carbocycles. The maximum atomic E-state index is 12.7. The molecule has 23 heavy (non-hydrogen) atoms. The number of carboxylic acid groups (broad SMARTS) is 1. The lowest BCUT2D eigenvalue weighted by atomic mass is 10.1. The number of esters is 1. The van der Waals surface area contributed by atoms with Crippen molar-refractivity contribution in [3.8, 4) is 5.75 Å². The third kappa shape index (κ3) is 3.30. The van der Waals surface area contributed by atoms with Crippen molar-refractivity contribution in [1.82, 2.24) is 4.31 Å². The van der Waals surface area contributed by atoms with E-state index in [-0.39, 0.29) is 35.7 Å². The van der Waals surface area contributed by atoms with Crippen LogP contribution in [0, 0.1) is 5.92 Å². The van der Waals surface area contributed by atoms with Gasteiger partial charge in [0.2, 0.25) is 10.0 Å². The average molecular weight is 343 g/mol. The minimum absolute atomic E-state index is 0.0702. The summed E-state index contributed by atoms with van der Waals surface area (Å²) in [7, 11) is -1.47. The van der Waals surface area contributed by atoms with Gasteiger partial charge >= 0.3 is 11.9 Å². The van der Waals surface area contributed by atoms with Crippen LogP contribution in [-0.2, 0) is 19.6 Å². The molecule has 1 saturated heterocycles. The van der Waals surface area contributed by atoms with Crippen LogP contribution in [-0.4, -0.2) is 57.1 Å². The van der Waals surface area contributed by atoms with Crippen LogP contribution in [0.3, 0.4) is 0 Å². The molecule has 0 aromatic heterocycles. The monoisotopic (exact) mass is 343 g/mol. The predicted molar refractivity (Wildman–Crippen MR) is 78.8 cm³/mol. The predicted octanol–water partition coefficient (Wildman–Crippen LogP) is 0.577. The Kier molecular flexibility index (Phi) is 4.90. The van der Waals surface area contributed by atoms with Crippen LogP contribution in [0.2, 0.25) is 0 Å². The van der Waals surface area contributed by atoms with Crippen LogP contribution in [0.4, 0.5) is 0 Å². The van der Waals surface area contributed by atoms with Crippen molar-refractivity contribution in [3.05, 3.63) is 23.8 Å². The van der Waals surface area contributed by atoms with Crippen molar-refractivity contribution in [3.63, 3.8) is 0 Å². The van der Waals surface area contributed by atoms with Crippen LogP contribution in [0.5, 0.6) is 5.75 Å².